The fourth-order valence-corrected chi connectivity index (χ4v) is 2.93. The largest absolute Gasteiger partial charge is 0.351 e. The molecule has 1 heterocycles. The summed E-state index contributed by atoms with van der Waals surface area (Å²) < 4.78 is 0. The van der Waals surface area contributed by atoms with Gasteiger partial charge in [0.25, 0.3) is 5.91 Å². The van der Waals surface area contributed by atoms with Crippen LogP contribution in [-0.2, 0) is 0 Å². The Hall–Kier alpha value is -0.950. The Bertz CT molecular complexity index is 456. The van der Waals surface area contributed by atoms with Gasteiger partial charge < -0.3 is 5.32 Å². The lowest BCUT2D eigenvalue weighted by Crippen LogP contribution is -2.30. The highest BCUT2D eigenvalue weighted by Gasteiger charge is 2.41. The van der Waals surface area contributed by atoms with Crippen LogP contribution < -0.4 is 5.32 Å². The van der Waals surface area contributed by atoms with Crippen LogP contribution >= 0.6 is 27.3 Å². The Labute approximate surface area is 110 Å². The second-order valence-electron chi connectivity index (χ2n) is 4.21. The smallest absolute Gasteiger partial charge is 0.324 e. The van der Waals surface area contributed by atoms with Gasteiger partial charge in [-0.1, -0.05) is 27.3 Å². The van der Waals surface area contributed by atoms with Gasteiger partial charge in [-0.2, -0.15) is 0 Å². The first-order valence-corrected chi connectivity index (χ1v) is 7.08. The minimum atomic E-state index is -0.484. The zero-order valence-electron chi connectivity index (χ0n) is 8.94. The monoisotopic (exact) mass is 318 g/mol. The summed E-state index contributed by atoms with van der Waals surface area (Å²) in [4.78, 5) is 22.1. The highest BCUT2D eigenvalue weighted by molar-refractivity contribution is 9.09. The number of nitro groups is 1. The van der Waals surface area contributed by atoms with E-state index in [1.165, 1.54) is 12.1 Å². The third-order valence-corrected chi connectivity index (χ3v) is 5.09. The summed E-state index contributed by atoms with van der Waals surface area (Å²) in [6.45, 7) is 0.628. The van der Waals surface area contributed by atoms with Crippen LogP contribution in [0.5, 0.6) is 0 Å². The Morgan fingerprint density at radius 3 is 2.76 bits per heavy atom. The van der Waals surface area contributed by atoms with Crippen molar-refractivity contribution in [3.8, 4) is 0 Å². The lowest BCUT2D eigenvalue weighted by Gasteiger charge is -2.11. The van der Waals surface area contributed by atoms with Gasteiger partial charge in [0, 0.05) is 17.9 Å². The lowest BCUT2D eigenvalue weighted by molar-refractivity contribution is -0.380. The van der Waals surface area contributed by atoms with Gasteiger partial charge in [0.15, 0.2) is 0 Å². The molecule has 0 saturated heterocycles. The molecule has 0 radical (unpaired) electrons. The molecule has 0 aliphatic heterocycles. The van der Waals surface area contributed by atoms with Crippen molar-refractivity contribution in [2.45, 2.75) is 12.8 Å². The van der Waals surface area contributed by atoms with Crippen LogP contribution in [0.25, 0.3) is 0 Å². The van der Waals surface area contributed by atoms with Crippen LogP contribution in [-0.4, -0.2) is 22.7 Å². The predicted molar refractivity (Wildman–Crippen MR) is 68.8 cm³/mol. The highest BCUT2D eigenvalue weighted by Crippen LogP contribution is 2.46. The molecule has 0 spiro atoms. The molecule has 1 saturated carbocycles. The number of carbonyl (C=O) groups excluding carboxylic acids is 1. The normalized spacial score (nSPS) is 16.5. The van der Waals surface area contributed by atoms with E-state index >= 15 is 0 Å². The van der Waals surface area contributed by atoms with Crippen LogP contribution in [0.15, 0.2) is 12.1 Å². The zero-order chi connectivity index (χ0) is 12.5. The number of amides is 1. The number of nitrogens with zero attached hydrogens (tertiary/aromatic N) is 1. The van der Waals surface area contributed by atoms with E-state index < -0.39 is 4.92 Å². The Morgan fingerprint density at radius 1 is 1.59 bits per heavy atom. The van der Waals surface area contributed by atoms with Crippen molar-refractivity contribution in [1.82, 2.24) is 5.32 Å². The van der Waals surface area contributed by atoms with Crippen molar-refractivity contribution >= 4 is 38.2 Å². The minimum absolute atomic E-state index is 0.00298. The molecule has 2 rings (SSSR count). The number of nitrogens with one attached hydrogen (secondary N) is 1. The van der Waals surface area contributed by atoms with E-state index in [2.05, 4.69) is 21.2 Å². The first kappa shape index (κ1) is 12.5. The van der Waals surface area contributed by atoms with Crippen molar-refractivity contribution in [2.24, 2.45) is 5.41 Å². The molecule has 0 atom stereocenters. The van der Waals surface area contributed by atoms with Gasteiger partial charge in [-0.3, -0.25) is 14.9 Å². The molecule has 1 amide bonds. The first-order chi connectivity index (χ1) is 8.06. The molecule has 5 nitrogen and oxygen atoms in total. The second-order valence-corrected chi connectivity index (χ2v) is 5.83. The average Bonchev–Trinajstić information content (AvgIpc) is 2.92. The summed E-state index contributed by atoms with van der Waals surface area (Å²) in [5, 5.41) is 14.2. The van der Waals surface area contributed by atoms with Crippen molar-refractivity contribution in [2.75, 3.05) is 11.9 Å². The standard InChI is InChI=1S/C10H11BrN2O3S/c11-5-10(3-4-10)6-12-9(14)7-1-2-8(17-7)13(15)16/h1-2H,3-6H2,(H,12,14). The molecule has 1 aliphatic carbocycles. The van der Waals surface area contributed by atoms with Crippen molar-refractivity contribution < 1.29 is 9.72 Å². The molecule has 1 aromatic rings. The molecule has 1 fully saturated rings. The van der Waals surface area contributed by atoms with Crippen LogP contribution in [0.3, 0.4) is 0 Å². The van der Waals surface area contributed by atoms with Crippen molar-refractivity contribution in [1.29, 1.82) is 0 Å². The summed E-state index contributed by atoms with van der Waals surface area (Å²) in [7, 11) is 0. The molecule has 1 aromatic heterocycles. The first-order valence-electron chi connectivity index (χ1n) is 5.15. The number of alkyl halides is 1. The van der Waals surface area contributed by atoms with Crippen molar-refractivity contribution in [3.05, 3.63) is 27.1 Å². The van der Waals surface area contributed by atoms with E-state index in [4.69, 9.17) is 0 Å². The number of thiophene rings is 1. The summed E-state index contributed by atoms with van der Waals surface area (Å²) in [5.74, 6) is -0.227. The molecule has 7 heteroatoms. The second kappa shape index (κ2) is 4.73. The summed E-state index contributed by atoms with van der Waals surface area (Å²) >= 11 is 4.33. The fourth-order valence-electron chi connectivity index (χ4n) is 1.44. The maximum Gasteiger partial charge on any atom is 0.324 e. The maximum atomic E-state index is 11.7. The number of halogens is 1. The highest BCUT2D eigenvalue weighted by atomic mass is 79.9. The maximum absolute atomic E-state index is 11.7. The number of hydrogen-bond acceptors (Lipinski definition) is 4. The van der Waals surface area contributed by atoms with E-state index in [-0.39, 0.29) is 16.3 Å². The Morgan fingerprint density at radius 2 is 2.29 bits per heavy atom. The van der Waals surface area contributed by atoms with Gasteiger partial charge in [-0.05, 0) is 24.3 Å². The van der Waals surface area contributed by atoms with E-state index in [1.807, 2.05) is 0 Å². The molecule has 1 aliphatic rings. The van der Waals surface area contributed by atoms with Gasteiger partial charge >= 0.3 is 5.00 Å². The number of rotatable bonds is 5. The van der Waals surface area contributed by atoms with Crippen LogP contribution in [0.1, 0.15) is 22.5 Å². The summed E-state index contributed by atoms with van der Waals surface area (Å²) in [6, 6.07) is 2.85. The Balaban J connectivity index is 1.93. The average molecular weight is 319 g/mol. The molecule has 0 aromatic carbocycles. The molecule has 17 heavy (non-hydrogen) atoms. The predicted octanol–water partition coefficient (Wildman–Crippen LogP) is 2.56. The third kappa shape index (κ3) is 2.84. The van der Waals surface area contributed by atoms with Gasteiger partial charge in [-0.25, -0.2) is 0 Å². The van der Waals surface area contributed by atoms with Gasteiger partial charge in [-0.15, -0.1) is 0 Å². The SMILES string of the molecule is O=C(NCC1(CBr)CC1)c1ccc([N+](=O)[O-])s1. The van der Waals surface area contributed by atoms with Crippen molar-refractivity contribution in [3.63, 3.8) is 0 Å². The molecule has 92 valence electrons. The zero-order valence-corrected chi connectivity index (χ0v) is 11.3. The molecule has 0 unspecified atom stereocenters. The minimum Gasteiger partial charge on any atom is -0.351 e. The van der Waals surface area contributed by atoms with Crippen LogP contribution in [0.4, 0.5) is 5.00 Å². The lowest BCUT2D eigenvalue weighted by atomic mass is 10.1. The number of carbonyl (C=O) groups is 1. The summed E-state index contributed by atoms with van der Waals surface area (Å²) in [5.41, 5.74) is 0.207. The van der Waals surface area contributed by atoms with E-state index in [9.17, 15) is 14.9 Å². The van der Waals surface area contributed by atoms with E-state index in [0.29, 0.717) is 11.4 Å². The Kier molecular flexibility index (Phi) is 3.48. The van der Waals surface area contributed by atoms with Gasteiger partial charge in [0.05, 0.1) is 9.80 Å². The van der Waals surface area contributed by atoms with E-state index in [0.717, 1.165) is 29.5 Å². The van der Waals surface area contributed by atoms with Crippen LogP contribution in [0.2, 0.25) is 0 Å². The van der Waals surface area contributed by atoms with E-state index in [1.54, 1.807) is 0 Å². The molecular weight excluding hydrogens is 308 g/mol. The fraction of sp³-hybridized carbons (Fsp3) is 0.500. The number of hydrogen-bond donors (Lipinski definition) is 1. The summed E-state index contributed by atoms with van der Waals surface area (Å²) in [6.07, 6.45) is 2.23. The quantitative estimate of drug-likeness (QED) is 0.515. The molecule has 0 bridgehead atoms. The topological polar surface area (TPSA) is 72.2 Å². The molecule has 1 N–H and O–H groups in total. The van der Waals surface area contributed by atoms with Crippen LogP contribution in [0, 0.1) is 15.5 Å². The van der Waals surface area contributed by atoms with Gasteiger partial charge in [0.1, 0.15) is 0 Å². The van der Waals surface area contributed by atoms with Gasteiger partial charge in [0.2, 0.25) is 0 Å². The molecular formula is C10H11BrN2O3S. The third-order valence-electron chi connectivity index (χ3n) is 2.86.